The van der Waals surface area contributed by atoms with Crippen molar-refractivity contribution >= 4 is 27.7 Å². The number of hydrogen-bond acceptors (Lipinski definition) is 6. The molecule has 7 nitrogen and oxygen atoms in total. The third kappa shape index (κ3) is 6.25. The van der Waals surface area contributed by atoms with Crippen LogP contribution in [0.25, 0.3) is 0 Å². The number of nitrogens with one attached hydrogen (secondary N) is 2. The summed E-state index contributed by atoms with van der Waals surface area (Å²) in [7, 11) is 0. The van der Waals surface area contributed by atoms with Crippen molar-refractivity contribution in [3.8, 4) is 5.75 Å². The van der Waals surface area contributed by atoms with E-state index in [-0.39, 0.29) is 12.5 Å². The minimum Gasteiger partial charge on any atom is -0.494 e. The first-order chi connectivity index (χ1) is 16.5. The molecule has 1 aliphatic rings. The van der Waals surface area contributed by atoms with Crippen LogP contribution in [0.4, 0.5) is 0 Å². The maximum atomic E-state index is 13.5. The molecule has 1 heterocycles. The minimum absolute atomic E-state index is 0.0843. The second kappa shape index (κ2) is 12.7. The van der Waals surface area contributed by atoms with Gasteiger partial charge in [0.25, 0.3) is 5.91 Å². The van der Waals surface area contributed by atoms with Crippen LogP contribution in [0, 0.1) is 0 Å². The van der Waals surface area contributed by atoms with Crippen LogP contribution in [0.2, 0.25) is 0 Å². The standard InChI is InChI=1S/C26H32BrN3O4/c1-3-5-16-28-30-25(32)26(15-4-2)23(19-7-11-21(27)12-8-19)34-24(29-26)20-9-13-22(14-10-20)33-18-6-17-31/h4,7-14,23,28,31H,2-3,5-6,15-18H2,1H3,(H,30,32)/t23-,26-/m0/s1. The first kappa shape index (κ1) is 25.9. The van der Waals surface area contributed by atoms with Gasteiger partial charge in [-0.1, -0.05) is 47.5 Å². The highest BCUT2D eigenvalue weighted by molar-refractivity contribution is 9.10. The fourth-order valence-electron chi connectivity index (χ4n) is 3.69. The predicted octanol–water partition coefficient (Wildman–Crippen LogP) is 4.46. The molecular formula is C26H32BrN3O4. The third-order valence-electron chi connectivity index (χ3n) is 5.52. The lowest BCUT2D eigenvalue weighted by Gasteiger charge is -2.29. The zero-order valence-electron chi connectivity index (χ0n) is 19.4. The van der Waals surface area contributed by atoms with Crippen LogP contribution in [-0.2, 0) is 9.53 Å². The summed E-state index contributed by atoms with van der Waals surface area (Å²) in [5, 5.41) is 8.93. The van der Waals surface area contributed by atoms with Gasteiger partial charge in [-0.25, -0.2) is 10.4 Å². The zero-order valence-corrected chi connectivity index (χ0v) is 21.0. The van der Waals surface area contributed by atoms with Crippen LogP contribution in [0.15, 0.2) is 70.7 Å². The summed E-state index contributed by atoms with van der Waals surface area (Å²) in [6, 6.07) is 15.1. The molecule has 0 spiro atoms. The molecular weight excluding hydrogens is 498 g/mol. The Morgan fingerprint density at radius 2 is 1.97 bits per heavy atom. The lowest BCUT2D eigenvalue weighted by atomic mass is 9.84. The average molecular weight is 530 g/mol. The van der Waals surface area contributed by atoms with Gasteiger partial charge in [0.15, 0.2) is 11.6 Å². The summed E-state index contributed by atoms with van der Waals surface area (Å²) in [6.45, 7) is 7.17. The Labute approximate surface area is 209 Å². The van der Waals surface area contributed by atoms with Crippen molar-refractivity contribution in [3.63, 3.8) is 0 Å². The quantitative estimate of drug-likeness (QED) is 0.202. The lowest BCUT2D eigenvalue weighted by molar-refractivity contribution is -0.129. The second-order valence-corrected chi connectivity index (χ2v) is 8.98. The summed E-state index contributed by atoms with van der Waals surface area (Å²) < 4.78 is 12.9. The number of aliphatic imine (C=N–C) groups is 1. The predicted molar refractivity (Wildman–Crippen MR) is 137 cm³/mol. The number of ether oxygens (including phenoxy) is 2. The van der Waals surface area contributed by atoms with Crippen molar-refractivity contribution in [1.82, 2.24) is 10.9 Å². The number of amides is 1. The summed E-state index contributed by atoms with van der Waals surface area (Å²) >= 11 is 3.47. The lowest BCUT2D eigenvalue weighted by Crippen LogP contribution is -2.52. The van der Waals surface area contributed by atoms with E-state index in [1.807, 2.05) is 48.5 Å². The Balaban J connectivity index is 1.92. The maximum Gasteiger partial charge on any atom is 0.266 e. The Morgan fingerprint density at radius 1 is 1.24 bits per heavy atom. The van der Waals surface area contributed by atoms with Gasteiger partial charge >= 0.3 is 0 Å². The van der Waals surface area contributed by atoms with Crippen LogP contribution in [-0.4, -0.2) is 42.2 Å². The Bertz CT molecular complexity index is 979. The highest BCUT2D eigenvalue weighted by Gasteiger charge is 2.52. The van der Waals surface area contributed by atoms with Crippen molar-refractivity contribution in [2.75, 3.05) is 19.8 Å². The molecule has 1 aliphatic heterocycles. The number of benzene rings is 2. The number of carbonyl (C=O) groups excluding carboxylic acids is 1. The first-order valence-corrected chi connectivity index (χ1v) is 12.3. The number of hydrogen-bond donors (Lipinski definition) is 3. The van der Waals surface area contributed by atoms with E-state index in [1.54, 1.807) is 6.08 Å². The van der Waals surface area contributed by atoms with Gasteiger partial charge < -0.3 is 14.6 Å². The monoisotopic (exact) mass is 529 g/mol. The number of rotatable bonds is 13. The molecule has 182 valence electrons. The number of aliphatic hydroxyl groups excluding tert-OH is 1. The molecule has 2 aromatic rings. The summed E-state index contributed by atoms with van der Waals surface area (Å²) in [5.74, 6) is 0.811. The number of aliphatic hydroxyl groups is 1. The zero-order chi connectivity index (χ0) is 24.4. The van der Waals surface area contributed by atoms with Gasteiger partial charge in [0.1, 0.15) is 5.75 Å². The summed E-state index contributed by atoms with van der Waals surface area (Å²) in [6.07, 6.45) is 3.92. The van der Waals surface area contributed by atoms with E-state index in [9.17, 15) is 4.79 Å². The van der Waals surface area contributed by atoms with E-state index in [0.717, 1.165) is 28.4 Å². The van der Waals surface area contributed by atoms with Gasteiger partial charge in [-0.3, -0.25) is 10.2 Å². The molecule has 2 atom stereocenters. The molecule has 0 aromatic heterocycles. The van der Waals surface area contributed by atoms with E-state index in [1.165, 1.54) is 0 Å². The first-order valence-electron chi connectivity index (χ1n) is 11.5. The van der Waals surface area contributed by atoms with Gasteiger partial charge in [-0.15, -0.1) is 6.58 Å². The SMILES string of the molecule is C=CC[C@]1(C(=O)NNCCCC)N=C(c2ccc(OCCCO)cc2)O[C@H]1c1ccc(Br)cc1. The molecule has 2 aromatic carbocycles. The van der Waals surface area contributed by atoms with Crippen LogP contribution in [0.3, 0.4) is 0 Å². The van der Waals surface area contributed by atoms with E-state index in [4.69, 9.17) is 19.6 Å². The van der Waals surface area contributed by atoms with Gasteiger partial charge in [0, 0.05) is 36.0 Å². The molecule has 1 amide bonds. The van der Waals surface area contributed by atoms with Crippen LogP contribution in [0.1, 0.15) is 49.8 Å². The smallest absolute Gasteiger partial charge is 0.266 e. The van der Waals surface area contributed by atoms with E-state index >= 15 is 0 Å². The molecule has 0 bridgehead atoms. The molecule has 0 radical (unpaired) electrons. The molecule has 34 heavy (non-hydrogen) atoms. The largest absolute Gasteiger partial charge is 0.494 e. The summed E-state index contributed by atoms with van der Waals surface area (Å²) in [4.78, 5) is 18.3. The number of hydrazine groups is 1. The molecule has 3 N–H and O–H groups in total. The van der Waals surface area contributed by atoms with Crippen LogP contribution < -0.4 is 15.6 Å². The molecule has 0 saturated heterocycles. The van der Waals surface area contributed by atoms with Crippen molar-refractivity contribution in [1.29, 1.82) is 0 Å². The number of unbranched alkanes of at least 4 members (excludes halogenated alkanes) is 1. The van der Waals surface area contributed by atoms with Gasteiger partial charge in [-0.2, -0.15) is 0 Å². The Kier molecular flexibility index (Phi) is 9.68. The fraction of sp³-hybridized carbons (Fsp3) is 0.385. The molecule has 0 saturated carbocycles. The van der Waals surface area contributed by atoms with Crippen molar-refractivity contribution in [2.45, 2.75) is 44.2 Å². The van der Waals surface area contributed by atoms with Gasteiger partial charge in [-0.05, 0) is 48.4 Å². The van der Waals surface area contributed by atoms with Crippen molar-refractivity contribution in [2.24, 2.45) is 4.99 Å². The number of nitrogens with zero attached hydrogens (tertiary/aromatic N) is 1. The molecule has 0 fully saturated rings. The van der Waals surface area contributed by atoms with E-state index < -0.39 is 11.6 Å². The van der Waals surface area contributed by atoms with Gasteiger partial charge in [0.2, 0.25) is 5.90 Å². The van der Waals surface area contributed by atoms with Gasteiger partial charge in [0.05, 0.1) is 6.61 Å². The molecule has 3 rings (SSSR count). The number of carbonyl (C=O) groups is 1. The normalized spacial score (nSPS) is 19.3. The van der Waals surface area contributed by atoms with Crippen molar-refractivity contribution in [3.05, 3.63) is 76.8 Å². The Hall–Kier alpha value is -2.68. The molecule has 0 aliphatic carbocycles. The maximum absolute atomic E-state index is 13.5. The number of halogens is 1. The third-order valence-corrected chi connectivity index (χ3v) is 6.04. The van der Waals surface area contributed by atoms with E-state index in [0.29, 0.717) is 37.6 Å². The summed E-state index contributed by atoms with van der Waals surface area (Å²) in [5.41, 5.74) is 6.23. The van der Waals surface area contributed by atoms with Crippen LogP contribution in [0.5, 0.6) is 5.75 Å². The highest BCUT2D eigenvalue weighted by Crippen LogP contribution is 2.42. The fourth-order valence-corrected chi connectivity index (χ4v) is 3.95. The second-order valence-electron chi connectivity index (χ2n) is 8.07. The average Bonchev–Trinajstić information content (AvgIpc) is 3.23. The highest BCUT2D eigenvalue weighted by atomic mass is 79.9. The molecule has 8 heteroatoms. The topological polar surface area (TPSA) is 92.2 Å². The molecule has 0 unspecified atom stereocenters. The Morgan fingerprint density at radius 3 is 2.62 bits per heavy atom. The minimum atomic E-state index is -1.21. The van der Waals surface area contributed by atoms with E-state index in [2.05, 4.69) is 40.3 Å². The van der Waals surface area contributed by atoms with Crippen molar-refractivity contribution < 1.29 is 19.4 Å². The van der Waals surface area contributed by atoms with Crippen LogP contribution >= 0.6 is 15.9 Å².